The second-order valence-electron chi connectivity index (χ2n) is 12.1. The molecular formula is C36H32BrFN6O4. The second kappa shape index (κ2) is 12.8. The van der Waals surface area contributed by atoms with Crippen LogP contribution in [0.3, 0.4) is 0 Å². The number of aromatic nitrogens is 4. The van der Waals surface area contributed by atoms with E-state index < -0.39 is 17.4 Å². The van der Waals surface area contributed by atoms with Crippen LogP contribution in [0.4, 0.5) is 4.39 Å². The second-order valence-corrected chi connectivity index (χ2v) is 13.0. The molecule has 0 bridgehead atoms. The number of halogens is 2. The summed E-state index contributed by atoms with van der Waals surface area (Å²) in [6.07, 6.45) is 3.74. The highest BCUT2D eigenvalue weighted by atomic mass is 79.9. The number of imidazole rings is 1. The van der Waals surface area contributed by atoms with Crippen molar-refractivity contribution in [2.45, 2.75) is 58.5 Å². The summed E-state index contributed by atoms with van der Waals surface area (Å²) in [6, 6.07) is 20.1. The summed E-state index contributed by atoms with van der Waals surface area (Å²) in [4.78, 5) is 43.8. The summed E-state index contributed by atoms with van der Waals surface area (Å²) in [5.74, 6) is -0.640. The molecule has 0 saturated heterocycles. The molecule has 1 N–H and O–H groups in total. The van der Waals surface area contributed by atoms with Crippen LogP contribution in [-0.4, -0.2) is 48.2 Å². The first-order valence-electron chi connectivity index (χ1n) is 15.7. The van der Waals surface area contributed by atoms with Gasteiger partial charge in [-0.15, -0.1) is 0 Å². The van der Waals surface area contributed by atoms with Gasteiger partial charge in [-0.05, 0) is 92.9 Å². The summed E-state index contributed by atoms with van der Waals surface area (Å²) < 4.78 is 24.9. The van der Waals surface area contributed by atoms with Crippen LogP contribution >= 0.6 is 15.9 Å². The molecule has 1 aliphatic carbocycles. The lowest BCUT2D eigenvalue weighted by molar-refractivity contribution is 0.0610. The third-order valence-corrected chi connectivity index (χ3v) is 9.63. The maximum Gasteiger partial charge on any atom is 0.333 e. The van der Waals surface area contributed by atoms with Gasteiger partial charge in [0.2, 0.25) is 0 Å². The Morgan fingerprint density at radius 3 is 2.56 bits per heavy atom. The van der Waals surface area contributed by atoms with Gasteiger partial charge in [0.1, 0.15) is 17.3 Å². The van der Waals surface area contributed by atoms with Crippen LogP contribution in [0.5, 0.6) is 5.75 Å². The van der Waals surface area contributed by atoms with Gasteiger partial charge in [0.15, 0.2) is 0 Å². The van der Waals surface area contributed by atoms with E-state index in [1.165, 1.54) is 16.8 Å². The van der Waals surface area contributed by atoms with Crippen molar-refractivity contribution in [2.24, 2.45) is 0 Å². The van der Waals surface area contributed by atoms with Crippen molar-refractivity contribution in [3.63, 3.8) is 0 Å². The molecule has 2 aromatic heterocycles. The summed E-state index contributed by atoms with van der Waals surface area (Å²) in [6.45, 7) is 3.82. The zero-order valence-corrected chi connectivity index (χ0v) is 27.9. The Labute approximate surface area is 284 Å². The van der Waals surface area contributed by atoms with Crippen molar-refractivity contribution in [3.05, 3.63) is 128 Å². The van der Waals surface area contributed by atoms with E-state index in [0.29, 0.717) is 34.0 Å². The van der Waals surface area contributed by atoms with Crippen molar-refractivity contribution < 1.29 is 18.7 Å². The molecule has 0 radical (unpaired) electrons. The van der Waals surface area contributed by atoms with Gasteiger partial charge >= 0.3 is 5.69 Å². The van der Waals surface area contributed by atoms with Crippen LogP contribution in [0.2, 0.25) is 0 Å². The smallest absolute Gasteiger partial charge is 0.333 e. The lowest BCUT2D eigenvalue weighted by Gasteiger charge is -2.34. The topological polar surface area (TPSA) is 111 Å². The first kappa shape index (κ1) is 31.5. The molecule has 3 heterocycles. The molecule has 3 aromatic carbocycles. The summed E-state index contributed by atoms with van der Waals surface area (Å²) >= 11 is 3.49. The summed E-state index contributed by atoms with van der Waals surface area (Å²) in [5.41, 5.74) is 3.11. The Bertz CT molecular complexity index is 2090. The van der Waals surface area contributed by atoms with Crippen LogP contribution in [0.15, 0.2) is 88.3 Å². The van der Waals surface area contributed by atoms with Crippen LogP contribution in [0.1, 0.15) is 57.4 Å². The number of hydrogen-bond donors (Lipinski definition) is 1. The van der Waals surface area contributed by atoms with Crippen molar-refractivity contribution in [2.75, 3.05) is 0 Å². The van der Waals surface area contributed by atoms with Gasteiger partial charge in [-0.1, -0.05) is 28.1 Å². The molecule has 1 aliphatic heterocycles. The molecule has 12 heteroatoms. The molecule has 1 fully saturated rings. The average molecular weight is 712 g/mol. The largest absolute Gasteiger partial charge is 0.490 e. The van der Waals surface area contributed by atoms with Crippen molar-refractivity contribution >= 4 is 27.7 Å². The molecule has 48 heavy (non-hydrogen) atoms. The van der Waals surface area contributed by atoms with E-state index >= 15 is 4.39 Å². The third kappa shape index (κ3) is 6.03. The Balaban J connectivity index is 1.27. The molecule has 5 aromatic rings. The van der Waals surface area contributed by atoms with E-state index in [9.17, 15) is 14.4 Å². The number of nitrogens with one attached hydrogen (secondary N) is 1. The SMILES string of the molecule is Cc1cc(C(=O)N2Cc3c(C(=O)NCc4c(F)cccc4-c4cccnn4)n(-c4ccc(OC5CC5)cc4)c(=O)n3C[C@@H]2C)ccc1Br. The van der Waals surface area contributed by atoms with Gasteiger partial charge in [0.25, 0.3) is 11.8 Å². The van der Waals surface area contributed by atoms with E-state index in [1.54, 1.807) is 64.1 Å². The van der Waals surface area contributed by atoms with Gasteiger partial charge in [-0.25, -0.2) is 9.18 Å². The van der Waals surface area contributed by atoms with E-state index in [-0.39, 0.29) is 48.9 Å². The lowest BCUT2D eigenvalue weighted by atomic mass is 10.0. The maximum atomic E-state index is 15.2. The minimum Gasteiger partial charge on any atom is -0.490 e. The lowest BCUT2D eigenvalue weighted by Crippen LogP contribution is -2.47. The number of hydrogen-bond acceptors (Lipinski definition) is 6. The first-order chi connectivity index (χ1) is 23.2. The van der Waals surface area contributed by atoms with Gasteiger partial charge in [-0.2, -0.15) is 10.2 Å². The highest BCUT2D eigenvalue weighted by Crippen LogP contribution is 2.30. The van der Waals surface area contributed by atoms with E-state index in [2.05, 4.69) is 31.4 Å². The number of rotatable bonds is 8. The number of ether oxygens (including phenoxy) is 1. The molecule has 0 spiro atoms. The van der Waals surface area contributed by atoms with Crippen LogP contribution in [0, 0.1) is 12.7 Å². The van der Waals surface area contributed by atoms with Gasteiger partial charge in [-0.3, -0.25) is 18.7 Å². The molecule has 2 amide bonds. The van der Waals surface area contributed by atoms with Crippen LogP contribution in [0.25, 0.3) is 16.9 Å². The molecule has 7 rings (SSSR count). The van der Waals surface area contributed by atoms with E-state index in [1.807, 2.05) is 26.0 Å². The molecule has 2 aliphatic rings. The maximum absolute atomic E-state index is 15.2. The highest BCUT2D eigenvalue weighted by Gasteiger charge is 2.35. The van der Waals surface area contributed by atoms with Crippen molar-refractivity contribution in [3.8, 4) is 22.7 Å². The van der Waals surface area contributed by atoms with Gasteiger partial charge < -0.3 is 15.0 Å². The molecule has 0 unspecified atom stereocenters. The minimum atomic E-state index is -0.589. The first-order valence-corrected chi connectivity index (χ1v) is 16.5. The number of benzene rings is 3. The average Bonchev–Trinajstić information content (AvgIpc) is 3.87. The van der Waals surface area contributed by atoms with Crippen LogP contribution < -0.4 is 15.7 Å². The summed E-state index contributed by atoms with van der Waals surface area (Å²) in [7, 11) is 0. The standard InChI is InChI=1S/C36H32BrFN6O4/c1-21-17-23(8-15-29(21)37)35(46)42-20-32-33(34(45)39-18-28-27(5-3-6-30(28)38)31-7-4-16-40-41-31)44(36(47)43(32)19-22(42)2)24-9-11-25(12-10-24)48-26-13-14-26/h3-12,15-17,22,26H,13-14,18-20H2,1-2H3,(H,39,45)/t22-/m0/s1. The Kier molecular flexibility index (Phi) is 8.42. The Morgan fingerprint density at radius 2 is 1.85 bits per heavy atom. The van der Waals surface area contributed by atoms with Crippen LogP contribution in [-0.2, 0) is 19.6 Å². The zero-order valence-electron chi connectivity index (χ0n) is 26.3. The zero-order chi connectivity index (χ0) is 33.5. The number of fused-ring (bicyclic) bond motifs is 1. The van der Waals surface area contributed by atoms with E-state index in [0.717, 1.165) is 22.9 Å². The van der Waals surface area contributed by atoms with E-state index in [4.69, 9.17) is 4.74 Å². The van der Waals surface area contributed by atoms with Crippen molar-refractivity contribution in [1.29, 1.82) is 0 Å². The quantitative estimate of drug-likeness (QED) is 0.217. The molecular weight excluding hydrogens is 679 g/mol. The summed E-state index contributed by atoms with van der Waals surface area (Å²) in [5, 5.41) is 10.9. The normalized spacial score (nSPS) is 15.6. The molecule has 10 nitrogen and oxygen atoms in total. The molecule has 1 atom stereocenters. The number of amides is 2. The number of nitrogens with zero attached hydrogens (tertiary/aromatic N) is 5. The van der Waals surface area contributed by atoms with Gasteiger partial charge in [0.05, 0.1) is 29.7 Å². The monoisotopic (exact) mass is 710 g/mol. The predicted molar refractivity (Wildman–Crippen MR) is 180 cm³/mol. The van der Waals surface area contributed by atoms with Gasteiger partial charge in [0, 0.05) is 46.5 Å². The fourth-order valence-electron chi connectivity index (χ4n) is 6.03. The fraction of sp³-hybridized carbons (Fsp3) is 0.250. The number of aryl methyl sites for hydroxylation is 1. The Hall–Kier alpha value is -5.10. The number of carbonyl (C=O) groups excluding carboxylic acids is 2. The molecule has 244 valence electrons. The third-order valence-electron chi connectivity index (χ3n) is 8.74. The predicted octanol–water partition coefficient (Wildman–Crippen LogP) is 5.82. The molecule has 1 saturated carbocycles. The number of carbonyl (C=O) groups is 2. The fourth-order valence-corrected chi connectivity index (χ4v) is 6.28. The minimum absolute atomic E-state index is 0.0214. The van der Waals surface area contributed by atoms with Crippen molar-refractivity contribution in [1.82, 2.24) is 29.5 Å². The Morgan fingerprint density at radius 1 is 1.06 bits per heavy atom. The highest BCUT2D eigenvalue weighted by molar-refractivity contribution is 9.10.